The van der Waals surface area contributed by atoms with E-state index in [0.29, 0.717) is 5.92 Å². The summed E-state index contributed by atoms with van der Waals surface area (Å²) >= 11 is 6.29. The largest absolute Gasteiger partial charge is 0.496 e. The number of hydrogen-bond donors (Lipinski definition) is 1. The Bertz CT molecular complexity index is 363. The molecule has 2 nitrogen and oxygen atoms in total. The van der Waals surface area contributed by atoms with Gasteiger partial charge in [-0.05, 0) is 55.0 Å². The van der Waals surface area contributed by atoms with Crippen LogP contribution in [0.5, 0.6) is 5.75 Å². The standard InChI is InChI=1S/C14H22ClNO/c1-10(2)12-9-14(17-3)11(8-13(12)15)6-4-5-7-16/h8-10H,4-7,16H2,1-3H3. The molecular weight excluding hydrogens is 234 g/mol. The fraction of sp³-hybridized carbons (Fsp3) is 0.571. The Morgan fingerprint density at radius 1 is 1.29 bits per heavy atom. The molecule has 2 N–H and O–H groups in total. The van der Waals surface area contributed by atoms with Crippen LogP contribution in [-0.4, -0.2) is 13.7 Å². The molecule has 0 saturated carbocycles. The van der Waals surface area contributed by atoms with Gasteiger partial charge in [0, 0.05) is 5.02 Å². The minimum absolute atomic E-state index is 0.412. The number of ether oxygens (including phenoxy) is 1. The molecule has 0 aliphatic carbocycles. The third-order valence-electron chi connectivity index (χ3n) is 2.92. The quantitative estimate of drug-likeness (QED) is 0.786. The smallest absolute Gasteiger partial charge is 0.122 e. The van der Waals surface area contributed by atoms with E-state index in [2.05, 4.69) is 19.9 Å². The second-order valence-corrected chi connectivity index (χ2v) is 4.99. The lowest BCUT2D eigenvalue weighted by Crippen LogP contribution is -2.01. The molecule has 1 aromatic carbocycles. The summed E-state index contributed by atoms with van der Waals surface area (Å²) in [5.41, 5.74) is 7.82. The number of halogens is 1. The van der Waals surface area contributed by atoms with E-state index in [4.69, 9.17) is 22.1 Å². The van der Waals surface area contributed by atoms with Crippen LogP contribution in [0.2, 0.25) is 5.02 Å². The average Bonchev–Trinajstić information content (AvgIpc) is 2.29. The lowest BCUT2D eigenvalue weighted by atomic mass is 9.98. The summed E-state index contributed by atoms with van der Waals surface area (Å²) in [6.45, 7) is 5.00. The van der Waals surface area contributed by atoms with Crippen molar-refractivity contribution in [1.29, 1.82) is 0 Å². The highest BCUT2D eigenvalue weighted by Crippen LogP contribution is 2.32. The van der Waals surface area contributed by atoms with E-state index in [0.717, 1.165) is 42.1 Å². The highest BCUT2D eigenvalue weighted by molar-refractivity contribution is 6.31. The van der Waals surface area contributed by atoms with E-state index in [1.54, 1.807) is 7.11 Å². The molecule has 1 aromatic rings. The minimum atomic E-state index is 0.412. The van der Waals surface area contributed by atoms with Crippen molar-refractivity contribution in [2.75, 3.05) is 13.7 Å². The Kier molecular flexibility index (Phi) is 5.79. The number of methoxy groups -OCH3 is 1. The summed E-state index contributed by atoms with van der Waals surface area (Å²) in [5, 5.41) is 0.837. The molecule has 96 valence electrons. The van der Waals surface area contributed by atoms with Crippen LogP contribution < -0.4 is 10.5 Å². The van der Waals surface area contributed by atoms with Crippen LogP contribution in [0, 0.1) is 0 Å². The Morgan fingerprint density at radius 2 is 2.00 bits per heavy atom. The van der Waals surface area contributed by atoms with E-state index in [1.165, 1.54) is 5.56 Å². The third kappa shape index (κ3) is 3.90. The molecule has 0 fully saturated rings. The van der Waals surface area contributed by atoms with Gasteiger partial charge in [0.05, 0.1) is 7.11 Å². The zero-order valence-corrected chi connectivity index (χ0v) is 11.7. The molecule has 0 spiro atoms. The molecule has 17 heavy (non-hydrogen) atoms. The van der Waals surface area contributed by atoms with E-state index >= 15 is 0 Å². The SMILES string of the molecule is COc1cc(C(C)C)c(Cl)cc1CCCCN. The van der Waals surface area contributed by atoms with E-state index in [1.807, 2.05) is 6.07 Å². The zero-order valence-electron chi connectivity index (χ0n) is 10.9. The van der Waals surface area contributed by atoms with Gasteiger partial charge in [-0.15, -0.1) is 0 Å². The second-order valence-electron chi connectivity index (χ2n) is 4.59. The first-order chi connectivity index (χ1) is 8.10. The summed E-state index contributed by atoms with van der Waals surface area (Å²) < 4.78 is 5.43. The third-order valence-corrected chi connectivity index (χ3v) is 3.25. The van der Waals surface area contributed by atoms with Gasteiger partial charge in [0.2, 0.25) is 0 Å². The molecular formula is C14H22ClNO. The highest BCUT2D eigenvalue weighted by Gasteiger charge is 2.11. The topological polar surface area (TPSA) is 35.2 Å². The highest BCUT2D eigenvalue weighted by atomic mass is 35.5. The summed E-state index contributed by atoms with van der Waals surface area (Å²) in [5.74, 6) is 1.35. The van der Waals surface area contributed by atoms with Crippen molar-refractivity contribution in [2.24, 2.45) is 5.73 Å². The van der Waals surface area contributed by atoms with Crippen LogP contribution in [0.4, 0.5) is 0 Å². The summed E-state index contributed by atoms with van der Waals surface area (Å²) in [6, 6.07) is 4.09. The Morgan fingerprint density at radius 3 is 2.53 bits per heavy atom. The van der Waals surface area contributed by atoms with Gasteiger partial charge >= 0.3 is 0 Å². The maximum atomic E-state index is 6.29. The molecule has 0 aromatic heterocycles. The number of rotatable bonds is 6. The van der Waals surface area contributed by atoms with E-state index in [9.17, 15) is 0 Å². The molecule has 0 aliphatic rings. The van der Waals surface area contributed by atoms with Gasteiger partial charge in [0.15, 0.2) is 0 Å². The lowest BCUT2D eigenvalue weighted by Gasteiger charge is -2.14. The molecule has 0 aliphatic heterocycles. The Hall–Kier alpha value is -0.730. The maximum absolute atomic E-state index is 6.29. The van der Waals surface area contributed by atoms with Crippen molar-refractivity contribution in [3.8, 4) is 5.75 Å². The number of nitrogens with two attached hydrogens (primary N) is 1. The number of hydrogen-bond acceptors (Lipinski definition) is 2. The first-order valence-corrected chi connectivity index (χ1v) is 6.54. The van der Waals surface area contributed by atoms with Gasteiger partial charge < -0.3 is 10.5 Å². The number of unbranched alkanes of at least 4 members (excludes halogenated alkanes) is 1. The Balaban J connectivity index is 2.93. The predicted molar refractivity (Wildman–Crippen MR) is 74.1 cm³/mol. The van der Waals surface area contributed by atoms with E-state index in [-0.39, 0.29) is 0 Å². The fourth-order valence-corrected chi connectivity index (χ4v) is 2.30. The average molecular weight is 256 g/mol. The van der Waals surface area contributed by atoms with Gasteiger partial charge in [0.1, 0.15) is 5.75 Å². The molecule has 0 atom stereocenters. The van der Waals surface area contributed by atoms with Gasteiger partial charge in [-0.2, -0.15) is 0 Å². The first kappa shape index (κ1) is 14.3. The number of aryl methyl sites for hydroxylation is 1. The van der Waals surface area contributed by atoms with Crippen molar-refractivity contribution in [2.45, 2.75) is 39.0 Å². The molecule has 0 amide bonds. The van der Waals surface area contributed by atoms with Crippen LogP contribution in [0.25, 0.3) is 0 Å². The molecule has 0 unspecified atom stereocenters. The van der Waals surface area contributed by atoms with Crippen LogP contribution >= 0.6 is 11.6 Å². The van der Waals surface area contributed by atoms with Crippen LogP contribution in [0.15, 0.2) is 12.1 Å². The van der Waals surface area contributed by atoms with Gasteiger partial charge in [-0.3, -0.25) is 0 Å². The normalized spacial score (nSPS) is 10.9. The first-order valence-electron chi connectivity index (χ1n) is 6.16. The van der Waals surface area contributed by atoms with Crippen molar-refractivity contribution in [1.82, 2.24) is 0 Å². The summed E-state index contributed by atoms with van der Waals surface area (Å²) in [4.78, 5) is 0. The van der Waals surface area contributed by atoms with Crippen molar-refractivity contribution >= 4 is 11.6 Å². The summed E-state index contributed by atoms with van der Waals surface area (Å²) in [6.07, 6.45) is 3.08. The monoisotopic (exact) mass is 255 g/mol. The van der Waals surface area contributed by atoms with Crippen LogP contribution in [0.1, 0.15) is 43.7 Å². The van der Waals surface area contributed by atoms with Crippen LogP contribution in [0.3, 0.4) is 0 Å². The molecule has 0 bridgehead atoms. The molecule has 1 rings (SSSR count). The minimum Gasteiger partial charge on any atom is -0.496 e. The molecule has 0 radical (unpaired) electrons. The van der Waals surface area contributed by atoms with E-state index < -0.39 is 0 Å². The van der Waals surface area contributed by atoms with Crippen molar-refractivity contribution < 1.29 is 4.74 Å². The van der Waals surface area contributed by atoms with Crippen molar-refractivity contribution in [3.05, 3.63) is 28.3 Å². The Labute approximate surface area is 109 Å². The summed E-state index contributed by atoms with van der Waals surface area (Å²) in [7, 11) is 1.71. The number of benzene rings is 1. The van der Waals surface area contributed by atoms with Gasteiger partial charge in [0.25, 0.3) is 0 Å². The lowest BCUT2D eigenvalue weighted by molar-refractivity contribution is 0.408. The fourth-order valence-electron chi connectivity index (χ4n) is 1.90. The second kappa shape index (κ2) is 6.87. The maximum Gasteiger partial charge on any atom is 0.122 e. The molecule has 3 heteroatoms. The van der Waals surface area contributed by atoms with Crippen LogP contribution in [-0.2, 0) is 6.42 Å². The van der Waals surface area contributed by atoms with Gasteiger partial charge in [-0.1, -0.05) is 25.4 Å². The molecule has 0 saturated heterocycles. The van der Waals surface area contributed by atoms with Gasteiger partial charge in [-0.25, -0.2) is 0 Å². The zero-order chi connectivity index (χ0) is 12.8. The van der Waals surface area contributed by atoms with Crippen molar-refractivity contribution in [3.63, 3.8) is 0 Å². The molecule has 0 heterocycles. The predicted octanol–water partition coefficient (Wildman–Crippen LogP) is 3.75.